The van der Waals surface area contributed by atoms with Crippen molar-refractivity contribution in [2.24, 2.45) is 10.9 Å². The first-order valence-corrected chi connectivity index (χ1v) is 9.66. The van der Waals surface area contributed by atoms with Gasteiger partial charge in [0.25, 0.3) is 0 Å². The minimum atomic E-state index is -0.0226. The van der Waals surface area contributed by atoms with E-state index in [1.54, 1.807) is 14.2 Å². The lowest BCUT2D eigenvalue weighted by Gasteiger charge is -2.29. The van der Waals surface area contributed by atoms with Crippen molar-refractivity contribution in [3.63, 3.8) is 0 Å². The smallest absolute Gasteiger partial charge is 0.191 e. The van der Waals surface area contributed by atoms with Crippen LogP contribution in [0, 0.1) is 5.92 Å². The molecule has 0 spiro atoms. The van der Waals surface area contributed by atoms with Gasteiger partial charge in [0, 0.05) is 33.2 Å². The first-order valence-electron chi connectivity index (χ1n) is 9.66. The molecule has 0 amide bonds. The number of hydrogen-bond acceptors (Lipinski definition) is 5. The zero-order chi connectivity index (χ0) is 19.5. The third kappa shape index (κ3) is 7.64. The highest BCUT2D eigenvalue weighted by atomic mass is 16.5. The predicted octanol–water partition coefficient (Wildman–Crippen LogP) is 1.60. The van der Waals surface area contributed by atoms with Crippen LogP contribution in [0.1, 0.15) is 13.8 Å². The second-order valence-electron chi connectivity index (χ2n) is 6.93. The fourth-order valence-electron chi connectivity index (χ4n) is 3.00. The van der Waals surface area contributed by atoms with E-state index >= 15 is 0 Å². The van der Waals surface area contributed by atoms with Gasteiger partial charge in [-0.15, -0.1) is 0 Å². The number of hydrogen-bond donors (Lipinski definition) is 2. The normalized spacial score (nSPS) is 17.9. The molecule has 1 aromatic carbocycles. The number of morpholine rings is 1. The van der Waals surface area contributed by atoms with Gasteiger partial charge in [0.1, 0.15) is 6.10 Å². The summed E-state index contributed by atoms with van der Waals surface area (Å²) in [4.78, 5) is 6.75. The van der Waals surface area contributed by atoms with Crippen molar-refractivity contribution < 1.29 is 14.2 Å². The van der Waals surface area contributed by atoms with Gasteiger partial charge in [-0.2, -0.15) is 0 Å². The van der Waals surface area contributed by atoms with E-state index in [1.807, 2.05) is 31.2 Å². The Bertz CT molecular complexity index is 576. The van der Waals surface area contributed by atoms with Gasteiger partial charge >= 0.3 is 0 Å². The molecule has 1 aliphatic rings. The topological polar surface area (TPSA) is 67.4 Å². The summed E-state index contributed by atoms with van der Waals surface area (Å²) in [7, 11) is 3.43. The van der Waals surface area contributed by atoms with Crippen molar-refractivity contribution >= 4 is 5.96 Å². The van der Waals surface area contributed by atoms with E-state index in [1.165, 1.54) is 0 Å². The lowest BCUT2D eigenvalue weighted by Crippen LogP contribution is -2.45. The molecule has 7 heteroatoms. The molecule has 0 bridgehead atoms. The summed E-state index contributed by atoms with van der Waals surface area (Å²) in [5, 5.41) is 6.73. The van der Waals surface area contributed by atoms with Crippen molar-refractivity contribution in [3.8, 4) is 11.5 Å². The molecule has 2 atom stereocenters. The summed E-state index contributed by atoms with van der Waals surface area (Å²) in [6.45, 7) is 10.6. The molecule has 0 aromatic heterocycles. The van der Waals surface area contributed by atoms with E-state index in [0.717, 1.165) is 56.9 Å². The SMILES string of the molecule is CN=C(NCC(C)CN1CCOCC1)NCC(C)Oc1ccccc1OC. The molecule has 1 heterocycles. The second-order valence-corrected chi connectivity index (χ2v) is 6.93. The quantitative estimate of drug-likeness (QED) is 0.503. The van der Waals surface area contributed by atoms with Crippen LogP contribution >= 0.6 is 0 Å². The number of nitrogens with one attached hydrogen (secondary N) is 2. The van der Waals surface area contributed by atoms with E-state index in [0.29, 0.717) is 12.5 Å². The number of para-hydroxylation sites is 2. The third-order valence-electron chi connectivity index (χ3n) is 4.47. The van der Waals surface area contributed by atoms with Crippen LogP contribution in [-0.4, -0.2) is 77.1 Å². The number of guanidine groups is 1. The highest BCUT2D eigenvalue weighted by Gasteiger charge is 2.14. The van der Waals surface area contributed by atoms with Gasteiger partial charge in [-0.25, -0.2) is 0 Å². The average Bonchev–Trinajstić information content (AvgIpc) is 2.69. The molecule has 7 nitrogen and oxygen atoms in total. The molecule has 1 saturated heterocycles. The standard InChI is InChI=1S/C20H34N4O3/c1-16(15-24-9-11-26-12-10-24)13-22-20(21-3)23-14-17(2)27-19-8-6-5-7-18(19)25-4/h5-8,16-17H,9-15H2,1-4H3,(H2,21,22,23). The molecular formula is C20H34N4O3. The van der Waals surface area contributed by atoms with Gasteiger partial charge in [0.15, 0.2) is 17.5 Å². The Labute approximate surface area is 163 Å². The van der Waals surface area contributed by atoms with Crippen LogP contribution < -0.4 is 20.1 Å². The van der Waals surface area contributed by atoms with Crippen LogP contribution in [-0.2, 0) is 4.74 Å². The van der Waals surface area contributed by atoms with E-state index in [9.17, 15) is 0 Å². The molecule has 1 fully saturated rings. The van der Waals surface area contributed by atoms with Gasteiger partial charge in [0.2, 0.25) is 0 Å². The summed E-state index contributed by atoms with van der Waals surface area (Å²) in [5.41, 5.74) is 0. The van der Waals surface area contributed by atoms with Crippen LogP contribution in [0.2, 0.25) is 0 Å². The molecule has 0 radical (unpaired) electrons. The summed E-state index contributed by atoms with van der Waals surface area (Å²) < 4.78 is 16.7. The average molecular weight is 379 g/mol. The third-order valence-corrected chi connectivity index (χ3v) is 4.47. The van der Waals surface area contributed by atoms with E-state index in [2.05, 4.69) is 27.4 Å². The van der Waals surface area contributed by atoms with Crippen molar-refractivity contribution in [3.05, 3.63) is 24.3 Å². The Hall–Kier alpha value is -1.99. The van der Waals surface area contributed by atoms with Crippen molar-refractivity contribution in [2.75, 3.05) is 60.1 Å². The monoisotopic (exact) mass is 378 g/mol. The first kappa shape index (κ1) is 21.3. The number of benzene rings is 1. The number of aliphatic imine (C=N–C) groups is 1. The maximum atomic E-state index is 5.97. The van der Waals surface area contributed by atoms with Gasteiger partial charge in [-0.1, -0.05) is 19.1 Å². The molecule has 27 heavy (non-hydrogen) atoms. The zero-order valence-electron chi connectivity index (χ0n) is 17.0. The van der Waals surface area contributed by atoms with Crippen LogP contribution in [0.25, 0.3) is 0 Å². The maximum Gasteiger partial charge on any atom is 0.191 e. The fourth-order valence-corrected chi connectivity index (χ4v) is 3.00. The fraction of sp³-hybridized carbons (Fsp3) is 0.650. The molecule has 1 aliphatic heterocycles. The Kier molecular flexibility index (Phi) is 9.21. The number of ether oxygens (including phenoxy) is 3. The Balaban J connectivity index is 1.69. The summed E-state index contributed by atoms with van der Waals surface area (Å²) in [5.74, 6) is 2.81. The zero-order valence-corrected chi connectivity index (χ0v) is 17.0. The molecule has 0 aliphatic carbocycles. The van der Waals surface area contributed by atoms with Crippen LogP contribution in [0.15, 0.2) is 29.3 Å². The minimum Gasteiger partial charge on any atom is -0.493 e. The Morgan fingerprint density at radius 2 is 1.81 bits per heavy atom. The van der Waals surface area contributed by atoms with Gasteiger partial charge in [0.05, 0.1) is 26.9 Å². The van der Waals surface area contributed by atoms with E-state index in [-0.39, 0.29) is 6.10 Å². The lowest BCUT2D eigenvalue weighted by molar-refractivity contribution is 0.0320. The Morgan fingerprint density at radius 1 is 1.15 bits per heavy atom. The van der Waals surface area contributed by atoms with Crippen LogP contribution in [0.3, 0.4) is 0 Å². The number of nitrogens with zero attached hydrogens (tertiary/aromatic N) is 2. The minimum absolute atomic E-state index is 0.0226. The molecule has 152 valence electrons. The van der Waals surface area contributed by atoms with E-state index in [4.69, 9.17) is 14.2 Å². The van der Waals surface area contributed by atoms with Gasteiger partial charge in [-0.3, -0.25) is 9.89 Å². The molecular weight excluding hydrogens is 344 g/mol. The van der Waals surface area contributed by atoms with E-state index < -0.39 is 0 Å². The highest BCUT2D eigenvalue weighted by Crippen LogP contribution is 2.26. The first-order chi connectivity index (χ1) is 13.1. The maximum absolute atomic E-state index is 5.97. The number of methoxy groups -OCH3 is 1. The molecule has 2 N–H and O–H groups in total. The number of rotatable bonds is 9. The summed E-state index contributed by atoms with van der Waals surface area (Å²) in [6, 6.07) is 7.67. The van der Waals surface area contributed by atoms with Gasteiger partial charge < -0.3 is 24.8 Å². The van der Waals surface area contributed by atoms with Crippen molar-refractivity contribution in [1.82, 2.24) is 15.5 Å². The molecule has 1 aromatic rings. The lowest BCUT2D eigenvalue weighted by atomic mass is 10.1. The van der Waals surface area contributed by atoms with Gasteiger partial charge in [-0.05, 0) is 25.0 Å². The van der Waals surface area contributed by atoms with Crippen LogP contribution in [0.5, 0.6) is 11.5 Å². The Morgan fingerprint density at radius 3 is 2.48 bits per heavy atom. The van der Waals surface area contributed by atoms with Crippen LogP contribution in [0.4, 0.5) is 0 Å². The molecule has 2 rings (SSSR count). The summed E-state index contributed by atoms with van der Waals surface area (Å²) >= 11 is 0. The van der Waals surface area contributed by atoms with Crippen molar-refractivity contribution in [1.29, 1.82) is 0 Å². The van der Waals surface area contributed by atoms with Crippen molar-refractivity contribution in [2.45, 2.75) is 20.0 Å². The molecule has 2 unspecified atom stereocenters. The second kappa shape index (κ2) is 11.7. The molecule has 0 saturated carbocycles. The summed E-state index contributed by atoms with van der Waals surface area (Å²) in [6.07, 6.45) is -0.0226. The predicted molar refractivity (Wildman–Crippen MR) is 109 cm³/mol. The largest absolute Gasteiger partial charge is 0.493 e. The highest BCUT2D eigenvalue weighted by molar-refractivity contribution is 5.79.